The predicted molar refractivity (Wildman–Crippen MR) is 84.5 cm³/mol. The number of benzene rings is 1. The van der Waals surface area contributed by atoms with Gasteiger partial charge in [0.15, 0.2) is 0 Å². The van der Waals surface area contributed by atoms with Gasteiger partial charge in [-0.3, -0.25) is 4.90 Å². The zero-order valence-electron chi connectivity index (χ0n) is 11.0. The highest BCUT2D eigenvalue weighted by atomic mass is 35.5. The van der Waals surface area contributed by atoms with Crippen LogP contribution in [-0.2, 0) is 6.54 Å². The van der Waals surface area contributed by atoms with Gasteiger partial charge in [0.25, 0.3) is 0 Å². The quantitative estimate of drug-likeness (QED) is 0.659. The minimum absolute atomic E-state index is 0.625. The van der Waals surface area contributed by atoms with Crippen molar-refractivity contribution in [3.8, 4) is 0 Å². The van der Waals surface area contributed by atoms with Gasteiger partial charge < -0.3 is 0 Å². The molecule has 1 aliphatic carbocycles. The fourth-order valence-corrected chi connectivity index (χ4v) is 3.57. The molecule has 0 saturated heterocycles. The van der Waals surface area contributed by atoms with Crippen molar-refractivity contribution in [2.45, 2.75) is 44.7 Å². The van der Waals surface area contributed by atoms with Gasteiger partial charge in [0.2, 0.25) is 0 Å². The zero-order valence-corrected chi connectivity index (χ0v) is 13.3. The Morgan fingerprint density at radius 3 is 2.26 bits per heavy atom. The molecule has 106 valence electrons. The summed E-state index contributed by atoms with van der Waals surface area (Å²) in [5.74, 6) is 0.651. The Bertz CT molecular complexity index is 382. The van der Waals surface area contributed by atoms with Gasteiger partial charge >= 0.3 is 0 Å². The molecule has 1 fully saturated rings. The van der Waals surface area contributed by atoms with Crippen molar-refractivity contribution in [3.05, 3.63) is 33.8 Å². The molecule has 0 heterocycles. The lowest BCUT2D eigenvalue weighted by Gasteiger charge is -2.34. The van der Waals surface area contributed by atoms with Gasteiger partial charge in [0, 0.05) is 40.6 Å². The lowest BCUT2D eigenvalue weighted by atomic mass is 9.94. The number of halogens is 3. The molecule has 1 nitrogen and oxygen atoms in total. The van der Waals surface area contributed by atoms with Crippen LogP contribution in [-0.4, -0.2) is 23.4 Å². The van der Waals surface area contributed by atoms with Crippen LogP contribution in [0.5, 0.6) is 0 Å². The van der Waals surface area contributed by atoms with Crippen LogP contribution < -0.4 is 0 Å². The topological polar surface area (TPSA) is 3.24 Å². The van der Waals surface area contributed by atoms with E-state index in [-0.39, 0.29) is 0 Å². The van der Waals surface area contributed by atoms with E-state index in [0.717, 1.165) is 28.7 Å². The molecule has 0 bridgehead atoms. The van der Waals surface area contributed by atoms with Gasteiger partial charge in [-0.2, -0.15) is 0 Å². The summed E-state index contributed by atoms with van der Waals surface area (Å²) in [6.45, 7) is 1.70. The first-order valence-corrected chi connectivity index (χ1v) is 8.24. The molecule has 0 aliphatic heterocycles. The number of alkyl halides is 1. The Labute approximate surface area is 130 Å². The highest BCUT2D eigenvalue weighted by Gasteiger charge is 2.22. The minimum Gasteiger partial charge on any atom is -0.295 e. The molecule has 1 aromatic carbocycles. The summed E-state index contributed by atoms with van der Waals surface area (Å²) < 4.78 is 0. The first kappa shape index (κ1) is 15.4. The zero-order chi connectivity index (χ0) is 13.7. The van der Waals surface area contributed by atoms with Crippen LogP contribution in [0, 0.1) is 0 Å². The van der Waals surface area contributed by atoms with Crippen LogP contribution in [0.25, 0.3) is 0 Å². The highest BCUT2D eigenvalue weighted by Crippen LogP contribution is 2.29. The smallest absolute Gasteiger partial charge is 0.0465 e. The molecule has 1 aromatic rings. The summed E-state index contributed by atoms with van der Waals surface area (Å²) in [4.78, 5) is 2.44. The summed E-state index contributed by atoms with van der Waals surface area (Å²) in [5, 5.41) is 1.51. The van der Waals surface area contributed by atoms with E-state index in [1.807, 2.05) is 18.2 Å². The Balaban J connectivity index is 2.11. The molecule has 0 unspecified atom stereocenters. The van der Waals surface area contributed by atoms with Gasteiger partial charge in [-0.1, -0.05) is 48.5 Å². The molecule has 0 N–H and O–H groups in total. The van der Waals surface area contributed by atoms with Crippen LogP contribution in [0.1, 0.15) is 37.7 Å². The molecular formula is C15H20Cl3N. The van der Waals surface area contributed by atoms with E-state index in [9.17, 15) is 0 Å². The van der Waals surface area contributed by atoms with E-state index in [4.69, 9.17) is 34.8 Å². The van der Waals surface area contributed by atoms with E-state index in [1.165, 1.54) is 32.1 Å². The normalized spacial score (nSPS) is 17.1. The molecule has 2 rings (SSSR count). The average molecular weight is 321 g/mol. The third-order valence-electron chi connectivity index (χ3n) is 3.89. The average Bonchev–Trinajstić information content (AvgIpc) is 2.43. The molecule has 19 heavy (non-hydrogen) atoms. The minimum atomic E-state index is 0.625. The van der Waals surface area contributed by atoms with Crippen LogP contribution in [0.2, 0.25) is 10.0 Å². The van der Waals surface area contributed by atoms with Crippen molar-refractivity contribution in [1.29, 1.82) is 0 Å². The Kier molecular flexibility index (Phi) is 6.28. The Morgan fingerprint density at radius 1 is 1.05 bits per heavy atom. The van der Waals surface area contributed by atoms with Gasteiger partial charge in [-0.25, -0.2) is 0 Å². The molecule has 0 amide bonds. The van der Waals surface area contributed by atoms with Crippen LogP contribution in [0.15, 0.2) is 18.2 Å². The molecule has 1 saturated carbocycles. The second-order valence-electron chi connectivity index (χ2n) is 5.15. The molecule has 1 aliphatic rings. The van der Waals surface area contributed by atoms with Gasteiger partial charge in [0.05, 0.1) is 0 Å². The number of hydrogen-bond acceptors (Lipinski definition) is 1. The van der Waals surface area contributed by atoms with Crippen molar-refractivity contribution in [2.24, 2.45) is 0 Å². The summed E-state index contributed by atoms with van der Waals surface area (Å²) >= 11 is 18.5. The molecule has 0 radical (unpaired) electrons. The van der Waals surface area contributed by atoms with E-state index < -0.39 is 0 Å². The highest BCUT2D eigenvalue weighted by molar-refractivity contribution is 6.35. The molecule has 0 spiro atoms. The lowest BCUT2D eigenvalue weighted by molar-refractivity contribution is 0.157. The third kappa shape index (κ3) is 4.26. The summed E-state index contributed by atoms with van der Waals surface area (Å²) in [6.07, 6.45) is 6.52. The van der Waals surface area contributed by atoms with Crippen molar-refractivity contribution < 1.29 is 0 Å². The van der Waals surface area contributed by atoms with Crippen molar-refractivity contribution >= 4 is 34.8 Å². The van der Waals surface area contributed by atoms with E-state index >= 15 is 0 Å². The first-order valence-electron chi connectivity index (χ1n) is 6.95. The van der Waals surface area contributed by atoms with Crippen molar-refractivity contribution in [1.82, 2.24) is 4.90 Å². The second-order valence-corrected chi connectivity index (χ2v) is 6.34. The maximum Gasteiger partial charge on any atom is 0.0465 e. The predicted octanol–water partition coefficient (Wildman–Crippen LogP) is 5.37. The summed E-state index contributed by atoms with van der Waals surface area (Å²) in [7, 11) is 0. The fourth-order valence-electron chi connectivity index (χ4n) is 2.83. The molecule has 0 atom stereocenters. The second kappa shape index (κ2) is 7.73. The molecule has 4 heteroatoms. The van der Waals surface area contributed by atoms with E-state index in [1.54, 1.807) is 0 Å². The van der Waals surface area contributed by atoms with Gasteiger partial charge in [-0.05, 0) is 25.0 Å². The lowest BCUT2D eigenvalue weighted by Crippen LogP contribution is -2.37. The largest absolute Gasteiger partial charge is 0.295 e. The van der Waals surface area contributed by atoms with Gasteiger partial charge in [-0.15, -0.1) is 11.6 Å². The van der Waals surface area contributed by atoms with Gasteiger partial charge in [0.1, 0.15) is 0 Å². The van der Waals surface area contributed by atoms with Crippen molar-refractivity contribution in [2.75, 3.05) is 12.4 Å². The maximum absolute atomic E-state index is 6.27. The standard InChI is InChI=1S/C15H20Cl3N/c16-9-10-19(12-5-2-1-3-6-12)11-13-14(17)7-4-8-15(13)18/h4,7-8,12H,1-3,5-6,9-11H2. The van der Waals surface area contributed by atoms with E-state index in [0.29, 0.717) is 11.9 Å². The maximum atomic E-state index is 6.27. The monoisotopic (exact) mass is 319 g/mol. The number of rotatable bonds is 5. The first-order chi connectivity index (χ1) is 9.22. The molecule has 0 aromatic heterocycles. The number of nitrogens with zero attached hydrogens (tertiary/aromatic N) is 1. The number of hydrogen-bond donors (Lipinski definition) is 0. The SMILES string of the molecule is ClCCN(Cc1c(Cl)cccc1Cl)C1CCCCC1. The van der Waals surface area contributed by atoms with Crippen LogP contribution in [0.3, 0.4) is 0 Å². The Hall–Kier alpha value is 0.0500. The van der Waals surface area contributed by atoms with Crippen molar-refractivity contribution in [3.63, 3.8) is 0 Å². The van der Waals surface area contributed by atoms with E-state index in [2.05, 4.69) is 4.90 Å². The fraction of sp³-hybridized carbons (Fsp3) is 0.600. The third-order valence-corrected chi connectivity index (χ3v) is 4.76. The summed E-state index contributed by atoms with van der Waals surface area (Å²) in [6, 6.07) is 6.32. The van der Waals surface area contributed by atoms with Crippen LogP contribution >= 0.6 is 34.8 Å². The summed E-state index contributed by atoms with van der Waals surface area (Å²) in [5.41, 5.74) is 1.03. The van der Waals surface area contributed by atoms with Crippen LogP contribution in [0.4, 0.5) is 0 Å². The molecular weight excluding hydrogens is 301 g/mol. The Morgan fingerprint density at radius 2 is 1.68 bits per heavy atom.